The molecule has 1 saturated carbocycles. The molecule has 0 bridgehead atoms. The van der Waals surface area contributed by atoms with E-state index < -0.39 is 6.16 Å². The summed E-state index contributed by atoms with van der Waals surface area (Å²) in [6.45, 7) is 12.2. The van der Waals surface area contributed by atoms with Gasteiger partial charge < -0.3 is 19.9 Å². The maximum atomic E-state index is 12.4. The Kier molecular flexibility index (Phi) is 10.5. The fraction of sp³-hybridized carbons (Fsp3) is 0.793. The molecule has 0 radical (unpaired) electrons. The molecule has 2 aliphatic carbocycles. The van der Waals surface area contributed by atoms with Gasteiger partial charge in [-0.05, 0) is 90.0 Å². The van der Waals surface area contributed by atoms with Crippen LogP contribution in [0.4, 0.5) is 4.79 Å². The second kappa shape index (κ2) is 13.1. The van der Waals surface area contributed by atoms with Crippen molar-refractivity contribution in [1.82, 2.24) is 5.06 Å². The van der Waals surface area contributed by atoms with Crippen molar-refractivity contribution < 1.29 is 28.6 Å². The summed E-state index contributed by atoms with van der Waals surface area (Å²) in [4.78, 5) is 30.1. The number of amides is 1. The van der Waals surface area contributed by atoms with Gasteiger partial charge in [0.2, 0.25) is 0 Å². The lowest BCUT2D eigenvalue weighted by atomic mass is 10.0. The zero-order valence-electron chi connectivity index (χ0n) is 23.3. The van der Waals surface area contributed by atoms with E-state index >= 15 is 0 Å². The van der Waals surface area contributed by atoms with E-state index in [-0.39, 0.29) is 23.0 Å². The average Bonchev–Trinajstić information content (AvgIpc) is 3.33. The number of carbonyl (C=O) groups excluding carboxylic acids is 2. The van der Waals surface area contributed by atoms with Crippen molar-refractivity contribution in [2.24, 2.45) is 29.4 Å². The molecule has 0 aromatic carbocycles. The van der Waals surface area contributed by atoms with Gasteiger partial charge in [0, 0.05) is 19.3 Å². The summed E-state index contributed by atoms with van der Waals surface area (Å²) in [5, 5.41) is 1.10. The van der Waals surface area contributed by atoms with E-state index in [4.69, 9.17) is 24.8 Å². The average molecular weight is 519 g/mol. The Morgan fingerprint density at radius 2 is 1.73 bits per heavy atom. The molecule has 1 saturated heterocycles. The van der Waals surface area contributed by atoms with Crippen LogP contribution in [-0.4, -0.2) is 54.7 Å². The van der Waals surface area contributed by atoms with Gasteiger partial charge in [-0.1, -0.05) is 13.0 Å². The zero-order chi connectivity index (χ0) is 27.1. The fourth-order valence-electron chi connectivity index (χ4n) is 5.20. The summed E-state index contributed by atoms with van der Waals surface area (Å²) in [5.74, 6) is 7.71. The van der Waals surface area contributed by atoms with Crippen LogP contribution >= 0.6 is 0 Å². The van der Waals surface area contributed by atoms with Crippen molar-refractivity contribution in [3.63, 3.8) is 0 Å². The monoisotopic (exact) mass is 518 g/mol. The van der Waals surface area contributed by atoms with Gasteiger partial charge in [-0.3, -0.25) is 9.63 Å². The van der Waals surface area contributed by atoms with E-state index in [0.717, 1.165) is 43.6 Å². The first-order chi connectivity index (χ1) is 17.5. The van der Waals surface area contributed by atoms with Gasteiger partial charge >= 0.3 is 6.16 Å². The van der Waals surface area contributed by atoms with Gasteiger partial charge in [-0.25, -0.2) is 4.79 Å². The van der Waals surface area contributed by atoms with E-state index in [1.165, 1.54) is 0 Å². The minimum Gasteiger partial charge on any atom is -0.432 e. The van der Waals surface area contributed by atoms with E-state index in [9.17, 15) is 9.59 Å². The Balaban J connectivity index is 1.41. The molecule has 3 rings (SSSR count). The molecule has 1 heterocycles. The first kappa shape index (κ1) is 29.5. The molecule has 208 valence electrons. The summed E-state index contributed by atoms with van der Waals surface area (Å²) >= 11 is 0. The minimum atomic E-state index is -0.820. The first-order valence-electron chi connectivity index (χ1n) is 13.8. The Morgan fingerprint density at radius 3 is 2.38 bits per heavy atom. The number of rotatable bonds is 13. The maximum Gasteiger partial charge on any atom is 0.533 e. The lowest BCUT2D eigenvalue weighted by Gasteiger charge is -2.30. The van der Waals surface area contributed by atoms with Gasteiger partial charge in [0.05, 0.1) is 36.7 Å². The minimum absolute atomic E-state index is 0.0292. The molecular weight excluding hydrogens is 472 g/mol. The Bertz CT molecular complexity index is 869. The highest BCUT2D eigenvalue weighted by Gasteiger charge is 2.49. The third-order valence-electron chi connectivity index (χ3n) is 7.64. The molecule has 1 unspecified atom stereocenters. The number of hydrogen-bond donors (Lipinski definition) is 1. The molecule has 8 heteroatoms. The highest BCUT2D eigenvalue weighted by atomic mass is 16.8. The first-order valence-corrected chi connectivity index (χ1v) is 13.8. The number of ether oxygens (including phenoxy) is 3. The van der Waals surface area contributed by atoms with Gasteiger partial charge in [0.1, 0.15) is 0 Å². The molecule has 2 fully saturated rings. The second-order valence-electron chi connectivity index (χ2n) is 11.9. The van der Waals surface area contributed by atoms with Crippen LogP contribution in [0.5, 0.6) is 0 Å². The Hall–Kier alpha value is -2.08. The SMILES string of the molecule is CC(/C=C1/CCC(=O)N1OC(=O)OC[C@@H]1[C@@H]2CCC#CCC[C@@H]21)COC(C)(C)CCOC(C)(C)CCN. The maximum absolute atomic E-state index is 12.4. The topological polar surface area (TPSA) is 100 Å². The van der Waals surface area contributed by atoms with Crippen molar-refractivity contribution in [3.05, 3.63) is 11.8 Å². The second-order valence-corrected chi connectivity index (χ2v) is 11.9. The zero-order valence-corrected chi connectivity index (χ0v) is 23.3. The molecule has 8 nitrogen and oxygen atoms in total. The van der Waals surface area contributed by atoms with Crippen LogP contribution in [0.15, 0.2) is 11.8 Å². The lowest BCUT2D eigenvalue weighted by Crippen LogP contribution is -2.33. The molecule has 1 amide bonds. The van der Waals surface area contributed by atoms with E-state index in [1.807, 2.05) is 40.7 Å². The van der Waals surface area contributed by atoms with Crippen LogP contribution < -0.4 is 5.73 Å². The molecule has 1 aliphatic heterocycles. The van der Waals surface area contributed by atoms with Gasteiger partial charge in [-0.15, -0.1) is 16.9 Å². The molecule has 0 spiro atoms. The van der Waals surface area contributed by atoms with Crippen LogP contribution in [0.2, 0.25) is 0 Å². The number of carbonyl (C=O) groups is 2. The fourth-order valence-corrected chi connectivity index (χ4v) is 5.20. The quantitative estimate of drug-likeness (QED) is 0.271. The standard InChI is InChI=1S/C29H46N2O6/c1-21(19-36-29(4,5)15-17-35-28(2,3)14-16-30)18-22-12-13-26(32)31(22)37-27(33)34-20-25-23-10-8-6-7-9-11-24(23)25/h18,21,23-25H,8-17,19-20,30H2,1-5H3/b22-18-/t21?,23-,24+,25-. The van der Waals surface area contributed by atoms with Crippen molar-refractivity contribution in [2.75, 3.05) is 26.4 Å². The number of hydroxylamine groups is 2. The Morgan fingerprint density at radius 1 is 1.08 bits per heavy atom. The van der Waals surface area contributed by atoms with Gasteiger partial charge in [0.25, 0.3) is 5.91 Å². The molecule has 4 atom stereocenters. The number of nitrogens with two attached hydrogens (primary N) is 1. The lowest BCUT2D eigenvalue weighted by molar-refractivity contribution is -0.158. The van der Waals surface area contributed by atoms with Crippen LogP contribution in [0, 0.1) is 35.5 Å². The smallest absolute Gasteiger partial charge is 0.432 e. The summed E-state index contributed by atoms with van der Waals surface area (Å²) in [6.07, 6.45) is 7.47. The van der Waals surface area contributed by atoms with Crippen molar-refractivity contribution in [3.8, 4) is 11.8 Å². The Labute approximate surface area is 222 Å². The molecule has 2 N–H and O–H groups in total. The predicted octanol–water partition coefficient (Wildman–Crippen LogP) is 4.97. The normalized spacial score (nSPS) is 25.6. The number of allylic oxidation sites excluding steroid dienone is 1. The summed E-state index contributed by atoms with van der Waals surface area (Å²) < 4.78 is 17.5. The molecule has 0 aromatic heterocycles. The molecule has 3 aliphatic rings. The van der Waals surface area contributed by atoms with E-state index in [2.05, 4.69) is 11.8 Å². The summed E-state index contributed by atoms with van der Waals surface area (Å²) in [7, 11) is 0. The van der Waals surface area contributed by atoms with Crippen LogP contribution in [-0.2, 0) is 23.8 Å². The number of fused-ring (bicyclic) bond motifs is 1. The molecular formula is C29H46N2O6. The highest BCUT2D eigenvalue weighted by molar-refractivity contribution is 5.81. The van der Waals surface area contributed by atoms with Gasteiger partial charge in [0.15, 0.2) is 0 Å². The number of nitrogens with zero attached hydrogens (tertiary/aromatic N) is 1. The van der Waals surface area contributed by atoms with Gasteiger partial charge in [-0.2, -0.15) is 0 Å². The predicted molar refractivity (Wildman–Crippen MR) is 141 cm³/mol. The van der Waals surface area contributed by atoms with Crippen molar-refractivity contribution in [1.29, 1.82) is 0 Å². The third kappa shape index (κ3) is 9.31. The summed E-state index contributed by atoms with van der Waals surface area (Å²) in [6, 6.07) is 0. The largest absolute Gasteiger partial charge is 0.533 e. The highest BCUT2D eigenvalue weighted by Crippen LogP contribution is 2.52. The van der Waals surface area contributed by atoms with Crippen LogP contribution in [0.25, 0.3) is 0 Å². The third-order valence-corrected chi connectivity index (χ3v) is 7.64. The molecule has 37 heavy (non-hydrogen) atoms. The van der Waals surface area contributed by atoms with E-state index in [1.54, 1.807) is 0 Å². The van der Waals surface area contributed by atoms with Crippen molar-refractivity contribution >= 4 is 12.1 Å². The van der Waals surface area contributed by atoms with Crippen LogP contribution in [0.1, 0.15) is 86.0 Å². The summed E-state index contributed by atoms with van der Waals surface area (Å²) in [5.41, 5.74) is 5.72. The van der Waals surface area contributed by atoms with E-state index in [0.29, 0.717) is 62.7 Å². The van der Waals surface area contributed by atoms with Crippen LogP contribution in [0.3, 0.4) is 0 Å². The number of hydrogen-bond acceptors (Lipinski definition) is 7. The molecule has 0 aromatic rings. The van der Waals surface area contributed by atoms with Crippen molar-refractivity contribution in [2.45, 2.75) is 97.2 Å².